The van der Waals surface area contributed by atoms with Gasteiger partial charge in [-0.25, -0.2) is 0 Å². The van der Waals surface area contributed by atoms with Gasteiger partial charge in [-0.2, -0.15) is 0 Å². The van der Waals surface area contributed by atoms with Gasteiger partial charge in [-0.3, -0.25) is 0 Å². The van der Waals surface area contributed by atoms with Crippen LogP contribution in [0.5, 0.6) is 0 Å². The zero-order valence-electron chi connectivity index (χ0n) is 10.1. The first-order chi connectivity index (χ1) is 7.13. The summed E-state index contributed by atoms with van der Waals surface area (Å²) in [4.78, 5) is 2.40. The van der Waals surface area contributed by atoms with Gasteiger partial charge in [0.15, 0.2) is 0 Å². The second kappa shape index (κ2) is 5.79. The first-order valence-electron chi connectivity index (χ1n) is 5.65. The molecule has 2 heteroatoms. The smallest absolute Gasteiger partial charge is 0.0422 e. The maximum atomic E-state index is 3.55. The molecule has 0 bridgehead atoms. The maximum Gasteiger partial charge on any atom is 0.0422 e. The normalized spacial score (nSPS) is 17.6. The van der Waals surface area contributed by atoms with Crippen molar-refractivity contribution in [3.63, 3.8) is 0 Å². The summed E-state index contributed by atoms with van der Waals surface area (Å²) < 4.78 is 0. The number of nitrogens with one attached hydrogen (secondary N) is 1. The first kappa shape index (κ1) is 12.1. The Kier molecular flexibility index (Phi) is 4.67. The van der Waals surface area contributed by atoms with Crippen LogP contribution in [0.1, 0.15) is 27.2 Å². The van der Waals surface area contributed by atoms with Crippen LogP contribution in [0.15, 0.2) is 30.2 Å². The summed E-state index contributed by atoms with van der Waals surface area (Å²) >= 11 is 0. The van der Waals surface area contributed by atoms with Crippen LogP contribution in [0.3, 0.4) is 0 Å². The van der Waals surface area contributed by atoms with E-state index in [1.165, 1.54) is 5.70 Å². The van der Waals surface area contributed by atoms with Gasteiger partial charge in [0.2, 0.25) is 0 Å². The molecule has 0 spiro atoms. The monoisotopic (exact) mass is 206 g/mol. The Morgan fingerprint density at radius 2 is 2.27 bits per heavy atom. The summed E-state index contributed by atoms with van der Waals surface area (Å²) in [6.45, 7) is 12.4. The summed E-state index contributed by atoms with van der Waals surface area (Å²) in [6, 6.07) is 1.26. The van der Waals surface area contributed by atoms with E-state index in [1.807, 2.05) is 6.08 Å². The van der Waals surface area contributed by atoms with Crippen molar-refractivity contribution in [2.24, 2.45) is 0 Å². The molecule has 0 aromatic carbocycles. The summed E-state index contributed by atoms with van der Waals surface area (Å²) in [6.07, 6.45) is 5.12. The van der Waals surface area contributed by atoms with E-state index in [4.69, 9.17) is 0 Å². The summed E-state index contributed by atoms with van der Waals surface area (Å²) in [7, 11) is 0. The fourth-order valence-electron chi connectivity index (χ4n) is 1.79. The predicted molar refractivity (Wildman–Crippen MR) is 65.7 cm³/mol. The van der Waals surface area contributed by atoms with Gasteiger partial charge >= 0.3 is 0 Å². The molecule has 0 unspecified atom stereocenters. The van der Waals surface area contributed by atoms with Crippen molar-refractivity contribution < 1.29 is 0 Å². The molecule has 1 heterocycles. The zero-order chi connectivity index (χ0) is 11.3. The molecule has 2 nitrogen and oxygen atoms in total. The molecule has 1 aliphatic rings. The van der Waals surface area contributed by atoms with Gasteiger partial charge in [0.25, 0.3) is 0 Å². The molecule has 0 aromatic rings. The van der Waals surface area contributed by atoms with Crippen LogP contribution < -0.4 is 5.32 Å². The van der Waals surface area contributed by atoms with Crippen LogP contribution in [0.4, 0.5) is 0 Å². The Morgan fingerprint density at radius 1 is 1.60 bits per heavy atom. The standard InChI is InChI=1S/C13H22N2/c1-5-6-7-8-12(4)15-9-13(10-15)14-11(2)3/h6,8,11,13-14H,1,7,9-10H2,2-4H3/b12-8+. The molecular formula is C13H22N2. The lowest BCUT2D eigenvalue weighted by Gasteiger charge is -2.43. The van der Waals surface area contributed by atoms with Crippen molar-refractivity contribution in [1.82, 2.24) is 10.2 Å². The highest BCUT2D eigenvalue weighted by atomic mass is 15.3. The van der Waals surface area contributed by atoms with Crippen LogP contribution >= 0.6 is 0 Å². The molecule has 15 heavy (non-hydrogen) atoms. The van der Waals surface area contributed by atoms with E-state index in [2.05, 4.69) is 49.4 Å². The SMILES string of the molecule is C=C=CC/C=C(\C)N1CC(NC(C)C)C1. The largest absolute Gasteiger partial charge is 0.372 e. The number of likely N-dealkylation sites (tertiary alicyclic amines) is 1. The summed E-state index contributed by atoms with van der Waals surface area (Å²) in [5, 5.41) is 3.53. The van der Waals surface area contributed by atoms with Gasteiger partial charge in [-0.15, -0.1) is 5.73 Å². The third-order valence-electron chi connectivity index (χ3n) is 2.62. The second-order valence-electron chi connectivity index (χ2n) is 4.41. The van der Waals surface area contributed by atoms with E-state index in [0.717, 1.165) is 19.5 Å². The van der Waals surface area contributed by atoms with Crippen molar-refractivity contribution >= 4 is 0 Å². The molecule has 1 N–H and O–H groups in total. The van der Waals surface area contributed by atoms with Crippen molar-refractivity contribution in [2.75, 3.05) is 13.1 Å². The average Bonchev–Trinajstić information content (AvgIpc) is 2.10. The third-order valence-corrected chi connectivity index (χ3v) is 2.62. The Balaban J connectivity index is 2.25. The first-order valence-corrected chi connectivity index (χ1v) is 5.65. The zero-order valence-corrected chi connectivity index (χ0v) is 10.1. The highest BCUT2D eigenvalue weighted by Gasteiger charge is 2.26. The highest BCUT2D eigenvalue weighted by molar-refractivity contribution is 5.06. The van der Waals surface area contributed by atoms with Gasteiger partial charge in [-0.05, 0) is 19.4 Å². The van der Waals surface area contributed by atoms with Crippen LogP contribution in [0, 0.1) is 0 Å². The molecule has 0 aromatic heterocycles. The van der Waals surface area contributed by atoms with Crippen LogP contribution in [0.2, 0.25) is 0 Å². The molecule has 0 saturated carbocycles. The summed E-state index contributed by atoms with van der Waals surface area (Å²) in [5.74, 6) is 0. The Hall–Kier alpha value is -0.980. The summed E-state index contributed by atoms with van der Waals surface area (Å²) in [5.41, 5.74) is 4.15. The molecule has 1 aliphatic heterocycles. The van der Waals surface area contributed by atoms with Crippen molar-refractivity contribution in [2.45, 2.75) is 39.3 Å². The van der Waals surface area contributed by atoms with Crippen molar-refractivity contribution in [3.8, 4) is 0 Å². The number of allylic oxidation sites excluding steroid dienone is 3. The minimum Gasteiger partial charge on any atom is -0.372 e. The minimum atomic E-state index is 0.588. The topological polar surface area (TPSA) is 15.3 Å². The van der Waals surface area contributed by atoms with Gasteiger partial charge in [-0.1, -0.05) is 26.5 Å². The van der Waals surface area contributed by atoms with E-state index in [0.29, 0.717) is 12.1 Å². The van der Waals surface area contributed by atoms with Crippen LogP contribution in [-0.4, -0.2) is 30.1 Å². The highest BCUT2D eigenvalue weighted by Crippen LogP contribution is 2.15. The lowest BCUT2D eigenvalue weighted by molar-refractivity contribution is 0.163. The van der Waals surface area contributed by atoms with Gasteiger partial charge < -0.3 is 10.2 Å². The fourth-order valence-corrected chi connectivity index (χ4v) is 1.79. The van der Waals surface area contributed by atoms with Gasteiger partial charge in [0, 0.05) is 30.9 Å². The number of hydrogen-bond donors (Lipinski definition) is 1. The molecule has 1 rings (SSSR count). The number of nitrogens with zero attached hydrogens (tertiary/aromatic N) is 1. The number of rotatable bonds is 5. The Labute approximate surface area is 93.4 Å². The van der Waals surface area contributed by atoms with Crippen molar-refractivity contribution in [1.29, 1.82) is 0 Å². The van der Waals surface area contributed by atoms with E-state index in [9.17, 15) is 0 Å². The Morgan fingerprint density at radius 3 is 2.80 bits per heavy atom. The van der Waals surface area contributed by atoms with Crippen LogP contribution in [-0.2, 0) is 0 Å². The predicted octanol–water partition coefficient (Wildman–Crippen LogP) is 2.30. The van der Waals surface area contributed by atoms with E-state index in [1.54, 1.807) is 0 Å². The molecule has 0 atom stereocenters. The molecule has 0 aliphatic carbocycles. The lowest BCUT2D eigenvalue weighted by atomic mass is 10.1. The number of hydrogen-bond acceptors (Lipinski definition) is 2. The molecule has 1 saturated heterocycles. The fraction of sp³-hybridized carbons (Fsp3) is 0.615. The second-order valence-corrected chi connectivity index (χ2v) is 4.41. The van der Waals surface area contributed by atoms with E-state index < -0.39 is 0 Å². The quantitative estimate of drug-likeness (QED) is 0.694. The maximum absolute atomic E-state index is 3.55. The molecule has 84 valence electrons. The van der Waals surface area contributed by atoms with Crippen LogP contribution in [0.25, 0.3) is 0 Å². The van der Waals surface area contributed by atoms with E-state index in [-0.39, 0.29) is 0 Å². The minimum absolute atomic E-state index is 0.588. The lowest BCUT2D eigenvalue weighted by Crippen LogP contribution is -2.58. The van der Waals surface area contributed by atoms with Gasteiger partial charge in [0.1, 0.15) is 0 Å². The molecular weight excluding hydrogens is 184 g/mol. The average molecular weight is 206 g/mol. The van der Waals surface area contributed by atoms with Crippen molar-refractivity contribution in [3.05, 3.63) is 30.2 Å². The third kappa shape index (κ3) is 3.94. The van der Waals surface area contributed by atoms with E-state index >= 15 is 0 Å². The Bertz CT molecular complexity index is 266. The molecule has 0 radical (unpaired) electrons. The molecule has 0 amide bonds. The van der Waals surface area contributed by atoms with Gasteiger partial charge in [0.05, 0.1) is 0 Å². The molecule has 1 fully saturated rings.